The van der Waals surface area contributed by atoms with Crippen LogP contribution in [0.5, 0.6) is 0 Å². The first-order valence-electron chi connectivity index (χ1n) is 8.10. The lowest BCUT2D eigenvalue weighted by Gasteiger charge is -2.32. The molecule has 3 unspecified atom stereocenters. The van der Waals surface area contributed by atoms with Crippen LogP contribution in [0.2, 0.25) is 0 Å². The van der Waals surface area contributed by atoms with Crippen LogP contribution in [0.1, 0.15) is 42.5 Å². The van der Waals surface area contributed by atoms with E-state index in [9.17, 15) is 14.0 Å². The number of hydrazine groups is 1. The van der Waals surface area contributed by atoms with E-state index in [1.54, 1.807) is 0 Å². The number of halogens is 1. The maximum Gasteiger partial charge on any atom is 0.306 e. The van der Waals surface area contributed by atoms with Crippen molar-refractivity contribution >= 4 is 11.8 Å². The van der Waals surface area contributed by atoms with Gasteiger partial charge in [-0.2, -0.15) is 0 Å². The molecule has 0 aromatic heterocycles. The van der Waals surface area contributed by atoms with Gasteiger partial charge in [-0.05, 0) is 43.5 Å². The van der Waals surface area contributed by atoms with E-state index >= 15 is 0 Å². The van der Waals surface area contributed by atoms with Crippen LogP contribution >= 0.6 is 0 Å². The first-order valence-corrected chi connectivity index (χ1v) is 8.10. The second-order valence-corrected chi connectivity index (χ2v) is 6.18. The van der Waals surface area contributed by atoms with Gasteiger partial charge in [-0.15, -0.1) is 0 Å². The number of carbonyl (C=O) groups excluding carboxylic acids is 2. The molecule has 5 nitrogen and oxygen atoms in total. The van der Waals surface area contributed by atoms with Crippen LogP contribution in [0.4, 0.5) is 4.39 Å². The van der Waals surface area contributed by atoms with Crippen LogP contribution in [0.3, 0.4) is 0 Å². The number of benzene rings is 1. The molecule has 0 radical (unpaired) electrons. The Labute approximate surface area is 134 Å². The highest BCUT2D eigenvalue weighted by atomic mass is 19.1. The minimum absolute atomic E-state index is 0.0605. The lowest BCUT2D eigenvalue weighted by molar-refractivity contribution is -0.153. The Morgan fingerprint density at radius 1 is 1.17 bits per heavy atom. The van der Waals surface area contributed by atoms with Gasteiger partial charge in [-0.1, -0.05) is 0 Å². The molecule has 0 amide bonds. The van der Waals surface area contributed by atoms with Crippen molar-refractivity contribution in [3.05, 3.63) is 35.6 Å². The molecule has 2 fully saturated rings. The van der Waals surface area contributed by atoms with Gasteiger partial charge in [0.2, 0.25) is 0 Å². The van der Waals surface area contributed by atoms with Gasteiger partial charge in [0.25, 0.3) is 0 Å². The van der Waals surface area contributed by atoms with Crippen LogP contribution in [0.25, 0.3) is 0 Å². The topological polar surface area (TPSA) is 67.4 Å². The predicted octanol–water partition coefficient (Wildman–Crippen LogP) is 1.98. The lowest BCUT2D eigenvalue weighted by atomic mass is 9.83. The smallest absolute Gasteiger partial charge is 0.306 e. The van der Waals surface area contributed by atoms with Crippen LogP contribution in [-0.2, 0) is 9.53 Å². The largest absolute Gasteiger partial charge is 0.462 e. The molecule has 1 saturated carbocycles. The van der Waals surface area contributed by atoms with Gasteiger partial charge in [-0.25, -0.2) is 4.39 Å². The molecular formula is C17H21FN2O3. The molecule has 2 N–H and O–H groups in total. The second-order valence-electron chi connectivity index (χ2n) is 6.18. The number of ether oxygens (including phenoxy) is 1. The molecule has 3 atom stereocenters. The molecule has 124 valence electrons. The van der Waals surface area contributed by atoms with E-state index in [2.05, 4.69) is 10.9 Å². The molecule has 2 aliphatic rings. The van der Waals surface area contributed by atoms with Gasteiger partial charge in [0.05, 0.1) is 6.42 Å². The highest BCUT2D eigenvalue weighted by Crippen LogP contribution is 2.29. The van der Waals surface area contributed by atoms with Crippen molar-refractivity contribution in [2.45, 2.75) is 44.2 Å². The van der Waals surface area contributed by atoms with Crippen molar-refractivity contribution in [3.63, 3.8) is 0 Å². The fraction of sp³-hybridized carbons (Fsp3) is 0.529. The Kier molecular flexibility index (Phi) is 5.03. The highest BCUT2D eigenvalue weighted by Gasteiger charge is 2.38. The Morgan fingerprint density at radius 2 is 1.96 bits per heavy atom. The van der Waals surface area contributed by atoms with Crippen LogP contribution < -0.4 is 10.9 Å². The first-order chi connectivity index (χ1) is 11.1. The average Bonchev–Trinajstić information content (AvgIpc) is 3.03. The molecule has 23 heavy (non-hydrogen) atoms. The van der Waals surface area contributed by atoms with Crippen molar-refractivity contribution in [1.82, 2.24) is 10.9 Å². The fourth-order valence-electron chi connectivity index (χ4n) is 3.36. The van der Waals surface area contributed by atoms with Gasteiger partial charge in [0.1, 0.15) is 11.9 Å². The normalized spacial score (nSPS) is 26.6. The number of esters is 1. The molecule has 6 heteroatoms. The maximum absolute atomic E-state index is 12.8. The van der Waals surface area contributed by atoms with E-state index in [4.69, 9.17) is 4.74 Å². The van der Waals surface area contributed by atoms with E-state index in [0.29, 0.717) is 17.5 Å². The number of hydrogen-bond donors (Lipinski definition) is 2. The van der Waals surface area contributed by atoms with E-state index in [0.717, 1.165) is 25.8 Å². The van der Waals surface area contributed by atoms with Crippen LogP contribution in [0, 0.1) is 11.7 Å². The molecule has 1 aliphatic carbocycles. The Bertz CT molecular complexity index is 576. The minimum Gasteiger partial charge on any atom is -0.462 e. The summed E-state index contributed by atoms with van der Waals surface area (Å²) < 4.78 is 18.4. The molecule has 1 saturated heterocycles. The summed E-state index contributed by atoms with van der Waals surface area (Å²) in [5.41, 5.74) is 6.75. The minimum atomic E-state index is -0.383. The van der Waals surface area contributed by atoms with Crippen molar-refractivity contribution in [1.29, 1.82) is 0 Å². The molecule has 1 heterocycles. The molecule has 0 bridgehead atoms. The number of rotatable bonds is 5. The molecular weight excluding hydrogens is 299 g/mol. The number of nitrogens with one attached hydrogen (secondary N) is 2. The van der Waals surface area contributed by atoms with Gasteiger partial charge < -0.3 is 4.74 Å². The highest BCUT2D eigenvalue weighted by molar-refractivity contribution is 5.97. The zero-order chi connectivity index (χ0) is 16.2. The van der Waals surface area contributed by atoms with E-state index in [-0.39, 0.29) is 36.5 Å². The molecule has 3 rings (SSSR count). The number of carbonyl (C=O) groups is 2. The quantitative estimate of drug-likeness (QED) is 0.641. The summed E-state index contributed by atoms with van der Waals surface area (Å²) >= 11 is 0. The van der Waals surface area contributed by atoms with Gasteiger partial charge in [-0.3, -0.25) is 20.4 Å². The zero-order valence-electron chi connectivity index (χ0n) is 12.9. The maximum atomic E-state index is 12.8. The number of ketones is 1. The molecule has 1 aliphatic heterocycles. The SMILES string of the molecule is O=C(CCC(=O)c1ccc(F)cc1)OC1CCCC2NNCC21. The third-order valence-electron chi connectivity index (χ3n) is 4.63. The van der Waals surface area contributed by atoms with E-state index < -0.39 is 0 Å². The number of hydrogen-bond acceptors (Lipinski definition) is 5. The van der Waals surface area contributed by atoms with Crippen LogP contribution in [0.15, 0.2) is 24.3 Å². The average molecular weight is 320 g/mol. The molecule has 1 aromatic carbocycles. The van der Waals surface area contributed by atoms with Crippen LogP contribution in [-0.4, -0.2) is 30.4 Å². The van der Waals surface area contributed by atoms with Gasteiger partial charge in [0.15, 0.2) is 5.78 Å². The standard InChI is InChI=1S/C17H21FN2O3/c18-12-6-4-11(5-7-12)15(21)8-9-17(22)23-16-3-1-2-14-13(16)10-19-20-14/h4-7,13-14,16,19-20H,1-3,8-10H2. The summed E-state index contributed by atoms with van der Waals surface area (Å²) in [6, 6.07) is 5.72. The van der Waals surface area contributed by atoms with E-state index in [1.807, 2.05) is 0 Å². The molecule has 1 aromatic rings. The second kappa shape index (κ2) is 7.19. The Morgan fingerprint density at radius 3 is 2.74 bits per heavy atom. The summed E-state index contributed by atoms with van der Waals surface area (Å²) in [5.74, 6) is -0.585. The van der Waals surface area contributed by atoms with E-state index in [1.165, 1.54) is 24.3 Å². The lowest BCUT2D eigenvalue weighted by Crippen LogP contribution is -2.41. The Hall–Kier alpha value is -1.79. The third-order valence-corrected chi connectivity index (χ3v) is 4.63. The summed E-state index contributed by atoms with van der Waals surface area (Å²) in [6.07, 6.45) is 3.07. The molecule has 0 spiro atoms. The zero-order valence-corrected chi connectivity index (χ0v) is 12.9. The van der Waals surface area contributed by atoms with Crippen molar-refractivity contribution in [2.75, 3.05) is 6.54 Å². The first kappa shape index (κ1) is 16.1. The van der Waals surface area contributed by atoms with Gasteiger partial charge in [0, 0.05) is 30.5 Å². The summed E-state index contributed by atoms with van der Waals surface area (Å²) in [5, 5.41) is 0. The monoisotopic (exact) mass is 320 g/mol. The summed E-state index contributed by atoms with van der Waals surface area (Å²) in [7, 11) is 0. The van der Waals surface area contributed by atoms with Crippen molar-refractivity contribution in [3.8, 4) is 0 Å². The summed E-state index contributed by atoms with van der Waals surface area (Å²) in [6.45, 7) is 0.803. The Balaban J connectivity index is 1.47. The fourth-order valence-corrected chi connectivity index (χ4v) is 3.36. The third kappa shape index (κ3) is 3.95. The predicted molar refractivity (Wildman–Crippen MR) is 82.1 cm³/mol. The number of Topliss-reactive ketones (excluding diaryl/α,β-unsaturated/α-hetero) is 1. The van der Waals surface area contributed by atoms with Crippen molar-refractivity contribution < 1.29 is 18.7 Å². The van der Waals surface area contributed by atoms with Crippen molar-refractivity contribution in [2.24, 2.45) is 5.92 Å². The number of fused-ring (bicyclic) bond motifs is 1. The van der Waals surface area contributed by atoms with Gasteiger partial charge >= 0.3 is 5.97 Å². The summed E-state index contributed by atoms with van der Waals surface area (Å²) in [4.78, 5) is 24.0.